The van der Waals surface area contributed by atoms with Crippen LogP contribution in [0.4, 0.5) is 26.3 Å². The number of alkyl halides is 6. The van der Waals surface area contributed by atoms with Crippen LogP contribution in [-0.4, -0.2) is 35.6 Å². The van der Waals surface area contributed by atoms with Gasteiger partial charge < -0.3 is 9.84 Å². The zero-order valence-electron chi connectivity index (χ0n) is 11.9. The van der Waals surface area contributed by atoms with E-state index >= 15 is 0 Å². The van der Waals surface area contributed by atoms with Crippen molar-refractivity contribution in [3.05, 3.63) is 0 Å². The molecule has 0 fully saturated rings. The molecule has 1 unspecified atom stereocenters. The second-order valence-electron chi connectivity index (χ2n) is 5.10. The first-order chi connectivity index (χ1) is 9.25. The maximum Gasteiger partial charge on any atom is 0.429 e. The minimum Gasteiger partial charge on any atom is -0.461 e. The SMILES string of the molecule is CCCC(C)(CC)C(=O)OCC(O)(C(F)(F)F)C(F)(F)F. The Bertz CT molecular complexity index is 349. The summed E-state index contributed by atoms with van der Waals surface area (Å²) in [5.74, 6) is -1.20. The molecule has 0 bridgehead atoms. The van der Waals surface area contributed by atoms with E-state index in [1.165, 1.54) is 6.92 Å². The van der Waals surface area contributed by atoms with Gasteiger partial charge in [0.15, 0.2) is 0 Å². The highest BCUT2D eigenvalue weighted by molar-refractivity contribution is 5.76. The Hall–Kier alpha value is -0.990. The Morgan fingerprint density at radius 1 is 1.05 bits per heavy atom. The van der Waals surface area contributed by atoms with Crippen molar-refractivity contribution in [3.63, 3.8) is 0 Å². The molecule has 0 aliphatic rings. The molecule has 9 heteroatoms. The highest BCUT2D eigenvalue weighted by atomic mass is 19.4. The Labute approximate surface area is 118 Å². The first kappa shape index (κ1) is 20.0. The van der Waals surface area contributed by atoms with E-state index < -0.39 is 35.9 Å². The van der Waals surface area contributed by atoms with E-state index in [0.717, 1.165) is 0 Å². The van der Waals surface area contributed by atoms with Crippen molar-refractivity contribution in [2.24, 2.45) is 5.41 Å². The molecule has 21 heavy (non-hydrogen) atoms. The zero-order valence-corrected chi connectivity index (χ0v) is 11.9. The van der Waals surface area contributed by atoms with Gasteiger partial charge in [-0.1, -0.05) is 20.3 Å². The number of aliphatic hydroxyl groups is 1. The van der Waals surface area contributed by atoms with Crippen molar-refractivity contribution < 1.29 is 41.0 Å². The smallest absolute Gasteiger partial charge is 0.429 e. The highest BCUT2D eigenvalue weighted by Crippen LogP contribution is 2.43. The Morgan fingerprint density at radius 3 is 1.76 bits per heavy atom. The van der Waals surface area contributed by atoms with Crippen LogP contribution in [-0.2, 0) is 9.53 Å². The van der Waals surface area contributed by atoms with Crippen LogP contribution in [0, 0.1) is 5.41 Å². The molecule has 0 saturated carbocycles. The second kappa shape index (κ2) is 6.41. The number of halogens is 6. The fourth-order valence-corrected chi connectivity index (χ4v) is 1.64. The molecule has 0 amide bonds. The molecule has 0 spiro atoms. The summed E-state index contributed by atoms with van der Waals surface area (Å²) < 4.78 is 78.6. The monoisotopic (exact) mass is 324 g/mol. The maximum atomic E-state index is 12.4. The number of hydrogen-bond acceptors (Lipinski definition) is 3. The third kappa shape index (κ3) is 4.24. The standard InChI is InChI=1S/C12H18F6O3/c1-4-6-9(3,5-2)8(19)21-7-10(20,11(13,14)15)12(16,17)18/h20H,4-7H2,1-3H3. The first-order valence-electron chi connectivity index (χ1n) is 6.28. The van der Waals surface area contributed by atoms with Gasteiger partial charge >= 0.3 is 18.3 Å². The van der Waals surface area contributed by atoms with Gasteiger partial charge in [0, 0.05) is 0 Å². The molecule has 0 aliphatic carbocycles. The molecule has 1 atom stereocenters. The largest absolute Gasteiger partial charge is 0.461 e. The van der Waals surface area contributed by atoms with E-state index in [2.05, 4.69) is 4.74 Å². The summed E-state index contributed by atoms with van der Waals surface area (Å²) >= 11 is 0. The van der Waals surface area contributed by atoms with Gasteiger partial charge in [0.2, 0.25) is 0 Å². The molecule has 3 nitrogen and oxygen atoms in total. The lowest BCUT2D eigenvalue weighted by molar-refractivity contribution is -0.375. The van der Waals surface area contributed by atoms with Gasteiger partial charge in [-0.3, -0.25) is 4.79 Å². The lowest BCUT2D eigenvalue weighted by Crippen LogP contribution is -2.60. The molecule has 0 aromatic rings. The molecule has 0 rings (SSSR count). The number of hydrogen-bond donors (Lipinski definition) is 1. The molecular weight excluding hydrogens is 306 g/mol. The van der Waals surface area contributed by atoms with E-state index in [-0.39, 0.29) is 12.8 Å². The van der Waals surface area contributed by atoms with Crippen LogP contribution < -0.4 is 0 Å². The summed E-state index contributed by atoms with van der Waals surface area (Å²) in [6, 6.07) is 0. The van der Waals surface area contributed by atoms with Crippen LogP contribution in [0.25, 0.3) is 0 Å². The van der Waals surface area contributed by atoms with Crippen molar-refractivity contribution in [3.8, 4) is 0 Å². The van der Waals surface area contributed by atoms with Gasteiger partial charge in [-0.05, 0) is 19.8 Å². The lowest BCUT2D eigenvalue weighted by Gasteiger charge is -2.33. The van der Waals surface area contributed by atoms with E-state index in [1.807, 2.05) is 0 Å². The molecule has 0 radical (unpaired) electrons. The number of carbonyl (C=O) groups excluding carboxylic acids is 1. The van der Waals surface area contributed by atoms with Crippen LogP contribution >= 0.6 is 0 Å². The molecule has 0 aliphatic heterocycles. The number of esters is 1. The summed E-state index contributed by atoms with van der Waals surface area (Å²) in [5.41, 5.74) is -6.26. The average molecular weight is 324 g/mol. The van der Waals surface area contributed by atoms with E-state index in [9.17, 15) is 31.1 Å². The van der Waals surface area contributed by atoms with Crippen molar-refractivity contribution in [2.45, 2.75) is 58.0 Å². The van der Waals surface area contributed by atoms with Crippen LogP contribution in [0.2, 0.25) is 0 Å². The lowest BCUT2D eigenvalue weighted by atomic mass is 9.83. The van der Waals surface area contributed by atoms with Crippen LogP contribution in [0.15, 0.2) is 0 Å². The number of rotatable bonds is 6. The van der Waals surface area contributed by atoms with E-state index in [4.69, 9.17) is 5.11 Å². The minimum atomic E-state index is -6.00. The second-order valence-corrected chi connectivity index (χ2v) is 5.10. The maximum absolute atomic E-state index is 12.4. The van der Waals surface area contributed by atoms with Gasteiger partial charge in [0.1, 0.15) is 6.61 Å². The quantitative estimate of drug-likeness (QED) is 0.600. The molecule has 1 N–H and O–H groups in total. The van der Waals surface area contributed by atoms with Gasteiger partial charge in [0.05, 0.1) is 5.41 Å². The van der Waals surface area contributed by atoms with E-state index in [1.54, 1.807) is 13.8 Å². The van der Waals surface area contributed by atoms with Crippen LogP contribution in [0.5, 0.6) is 0 Å². The van der Waals surface area contributed by atoms with Crippen molar-refractivity contribution in [1.29, 1.82) is 0 Å². The first-order valence-corrected chi connectivity index (χ1v) is 6.28. The van der Waals surface area contributed by atoms with Gasteiger partial charge in [-0.25, -0.2) is 0 Å². The molecular formula is C12H18F6O3. The summed E-state index contributed by atoms with van der Waals surface area (Å²) in [6.45, 7) is 2.46. The Kier molecular flexibility index (Phi) is 6.11. The molecule has 0 aromatic carbocycles. The summed E-state index contributed by atoms with van der Waals surface area (Å²) in [7, 11) is 0. The van der Waals surface area contributed by atoms with Gasteiger partial charge in [-0.2, -0.15) is 26.3 Å². The molecule has 126 valence electrons. The van der Waals surface area contributed by atoms with Gasteiger partial charge in [0.25, 0.3) is 5.60 Å². The average Bonchev–Trinajstić information content (AvgIpc) is 2.32. The van der Waals surface area contributed by atoms with Crippen molar-refractivity contribution in [2.75, 3.05) is 6.61 Å². The van der Waals surface area contributed by atoms with Crippen molar-refractivity contribution in [1.82, 2.24) is 0 Å². The van der Waals surface area contributed by atoms with E-state index in [0.29, 0.717) is 6.42 Å². The highest BCUT2D eigenvalue weighted by Gasteiger charge is 2.71. The molecule has 0 heterocycles. The number of ether oxygens (including phenoxy) is 1. The molecule has 0 aromatic heterocycles. The third-order valence-electron chi connectivity index (χ3n) is 3.42. The summed E-state index contributed by atoms with van der Waals surface area (Å²) in [5, 5.41) is 8.87. The predicted octanol–water partition coefficient (Wildman–Crippen LogP) is 3.60. The Balaban J connectivity index is 5.15. The van der Waals surface area contributed by atoms with Gasteiger partial charge in [-0.15, -0.1) is 0 Å². The fraction of sp³-hybridized carbons (Fsp3) is 0.917. The topological polar surface area (TPSA) is 46.5 Å². The zero-order chi connectivity index (χ0) is 17.1. The predicted molar refractivity (Wildman–Crippen MR) is 61.3 cm³/mol. The normalized spacial score (nSPS) is 16.5. The fourth-order valence-electron chi connectivity index (χ4n) is 1.64. The third-order valence-corrected chi connectivity index (χ3v) is 3.42. The summed E-state index contributed by atoms with van der Waals surface area (Å²) in [6.07, 6.45) is -11.1. The summed E-state index contributed by atoms with van der Waals surface area (Å²) in [4.78, 5) is 11.7. The minimum absolute atomic E-state index is 0.191. The Morgan fingerprint density at radius 2 is 1.48 bits per heavy atom. The van der Waals surface area contributed by atoms with Crippen LogP contribution in [0.1, 0.15) is 40.0 Å². The number of carbonyl (C=O) groups is 1. The molecule has 0 saturated heterocycles. The van der Waals surface area contributed by atoms with Crippen molar-refractivity contribution >= 4 is 5.97 Å². The van der Waals surface area contributed by atoms with Crippen LogP contribution in [0.3, 0.4) is 0 Å².